The third kappa shape index (κ3) is 5.59. The maximum absolute atomic E-state index is 11.2. The van der Waals surface area contributed by atoms with Gasteiger partial charge in [-0.2, -0.15) is 5.10 Å². The number of phenols is 1. The van der Waals surface area contributed by atoms with Crippen LogP contribution in [-0.2, 0) is 17.3 Å². The molecule has 0 radical (unpaired) electrons. The summed E-state index contributed by atoms with van der Waals surface area (Å²) in [4.78, 5) is 0. The van der Waals surface area contributed by atoms with Gasteiger partial charge in [-0.25, -0.2) is 5.43 Å². The molecule has 0 saturated heterocycles. The van der Waals surface area contributed by atoms with Crippen LogP contribution < -0.4 is 20.6 Å². The van der Waals surface area contributed by atoms with Gasteiger partial charge in [-0.15, -0.1) is 0 Å². The first-order chi connectivity index (χ1) is 15.2. The number of fused-ring (bicyclic) bond motifs is 1. The van der Waals surface area contributed by atoms with Crippen molar-refractivity contribution < 1.29 is 14.6 Å². The Hall–Kier alpha value is -3.22. The Morgan fingerprint density at radius 3 is 2.39 bits per heavy atom. The summed E-state index contributed by atoms with van der Waals surface area (Å²) in [6.07, 6.45) is 2.24. The van der Waals surface area contributed by atoms with Gasteiger partial charge in [0.15, 0.2) is 0 Å². The van der Waals surface area contributed by atoms with E-state index in [1.807, 2.05) is 37.3 Å². The standard InChI is InChI=1S/C26H36N4O3/c1-24(2,3)19-12-20-18(21(22(19)31)25(4,5)6)13-26(7,33-20)15-32-17-10-8-16(9-11-17)14-29-30-23(27)28/h8-12,14,31H,13,15H2,1-7H3,(H4,27,28,30)/b29-14+. The highest BCUT2D eigenvalue weighted by Gasteiger charge is 2.41. The molecule has 2 aromatic carbocycles. The summed E-state index contributed by atoms with van der Waals surface area (Å²) in [6.45, 7) is 15.1. The fraction of sp³-hybridized carbons (Fsp3) is 0.462. The van der Waals surface area contributed by atoms with Gasteiger partial charge < -0.3 is 20.3 Å². The molecule has 1 unspecified atom stereocenters. The average molecular weight is 453 g/mol. The largest absolute Gasteiger partial charge is 0.507 e. The number of nitrogens with two attached hydrogens (primary N) is 1. The van der Waals surface area contributed by atoms with Crippen LogP contribution >= 0.6 is 0 Å². The van der Waals surface area contributed by atoms with Gasteiger partial charge in [-0.05, 0) is 53.6 Å². The lowest BCUT2D eigenvalue weighted by Crippen LogP contribution is -2.37. The molecule has 7 heteroatoms. The minimum Gasteiger partial charge on any atom is -0.507 e. The molecule has 1 atom stereocenters. The van der Waals surface area contributed by atoms with Gasteiger partial charge in [0.1, 0.15) is 29.5 Å². The molecule has 7 nitrogen and oxygen atoms in total. The van der Waals surface area contributed by atoms with Gasteiger partial charge in [0, 0.05) is 23.1 Å². The van der Waals surface area contributed by atoms with E-state index >= 15 is 0 Å². The Labute approximate surface area is 196 Å². The molecule has 0 spiro atoms. The second kappa shape index (κ2) is 8.61. The third-order valence-corrected chi connectivity index (χ3v) is 5.65. The summed E-state index contributed by atoms with van der Waals surface area (Å²) in [7, 11) is 0. The van der Waals surface area contributed by atoms with Gasteiger partial charge in [-0.3, -0.25) is 5.41 Å². The van der Waals surface area contributed by atoms with E-state index in [1.54, 1.807) is 6.21 Å². The Kier molecular flexibility index (Phi) is 6.37. The van der Waals surface area contributed by atoms with Crippen molar-refractivity contribution in [2.45, 2.75) is 71.3 Å². The maximum Gasteiger partial charge on any atom is 0.206 e. The van der Waals surface area contributed by atoms with Crippen LogP contribution in [0.3, 0.4) is 0 Å². The van der Waals surface area contributed by atoms with Gasteiger partial charge >= 0.3 is 0 Å². The Bertz CT molecular complexity index is 1060. The molecular formula is C26H36N4O3. The average Bonchev–Trinajstić information content (AvgIpc) is 3.00. The number of aromatic hydroxyl groups is 1. The van der Waals surface area contributed by atoms with Gasteiger partial charge in [0.2, 0.25) is 5.96 Å². The van der Waals surface area contributed by atoms with Crippen molar-refractivity contribution in [3.8, 4) is 17.2 Å². The molecule has 0 amide bonds. The lowest BCUT2D eigenvalue weighted by atomic mass is 9.76. The third-order valence-electron chi connectivity index (χ3n) is 5.65. The fourth-order valence-corrected chi connectivity index (χ4v) is 4.15. The van der Waals surface area contributed by atoms with Crippen LogP contribution in [0.1, 0.15) is 70.7 Å². The smallest absolute Gasteiger partial charge is 0.206 e. The van der Waals surface area contributed by atoms with Crippen LogP contribution in [0.25, 0.3) is 0 Å². The Balaban J connectivity index is 1.79. The normalized spacial score (nSPS) is 18.2. The molecule has 0 fully saturated rings. The quantitative estimate of drug-likeness (QED) is 0.301. The highest BCUT2D eigenvalue weighted by molar-refractivity contribution is 5.82. The molecule has 33 heavy (non-hydrogen) atoms. The Morgan fingerprint density at radius 1 is 1.21 bits per heavy atom. The number of guanidine groups is 1. The summed E-state index contributed by atoms with van der Waals surface area (Å²) >= 11 is 0. The fourth-order valence-electron chi connectivity index (χ4n) is 4.15. The SMILES string of the molecule is CC1(COc2ccc(/C=N/NC(=N)N)cc2)Cc2c(cc(C(C)(C)C)c(O)c2C(C)(C)C)O1. The highest BCUT2D eigenvalue weighted by atomic mass is 16.5. The predicted octanol–water partition coefficient (Wildman–Crippen LogP) is 4.58. The molecule has 2 aromatic rings. The first kappa shape index (κ1) is 24.4. The molecule has 1 heterocycles. The number of hydrazone groups is 1. The number of rotatable bonds is 5. The van der Waals surface area contributed by atoms with Crippen molar-refractivity contribution >= 4 is 12.2 Å². The van der Waals surface area contributed by atoms with Crippen molar-refractivity contribution in [3.63, 3.8) is 0 Å². The molecule has 0 aliphatic carbocycles. The zero-order chi connectivity index (χ0) is 24.6. The maximum atomic E-state index is 11.2. The van der Waals surface area contributed by atoms with E-state index in [2.05, 4.69) is 52.1 Å². The summed E-state index contributed by atoms with van der Waals surface area (Å²) in [5, 5.41) is 22.2. The van der Waals surface area contributed by atoms with E-state index in [0.717, 1.165) is 33.8 Å². The summed E-state index contributed by atoms with van der Waals surface area (Å²) in [6, 6.07) is 9.47. The van der Waals surface area contributed by atoms with Gasteiger partial charge in [0.25, 0.3) is 0 Å². The number of ether oxygens (including phenoxy) is 2. The zero-order valence-corrected chi connectivity index (χ0v) is 20.7. The van der Waals surface area contributed by atoms with Gasteiger partial charge in [-0.1, -0.05) is 41.5 Å². The topological polar surface area (TPSA) is 113 Å². The number of nitrogens with zero attached hydrogens (tertiary/aromatic N) is 1. The molecule has 5 N–H and O–H groups in total. The molecular weight excluding hydrogens is 416 g/mol. The highest BCUT2D eigenvalue weighted by Crippen LogP contribution is 2.49. The second-order valence-corrected chi connectivity index (χ2v) is 11.0. The summed E-state index contributed by atoms with van der Waals surface area (Å²) < 4.78 is 12.5. The van der Waals surface area contributed by atoms with Crippen molar-refractivity contribution in [2.75, 3.05) is 6.61 Å². The van der Waals surface area contributed by atoms with Crippen LogP contribution in [0.2, 0.25) is 0 Å². The van der Waals surface area contributed by atoms with Gasteiger partial charge in [0.05, 0.1) is 6.21 Å². The zero-order valence-electron chi connectivity index (χ0n) is 20.7. The van der Waals surface area contributed by atoms with Crippen LogP contribution in [-0.4, -0.2) is 29.5 Å². The Morgan fingerprint density at radius 2 is 1.85 bits per heavy atom. The van der Waals surface area contributed by atoms with Crippen LogP contribution in [0.5, 0.6) is 17.2 Å². The van der Waals surface area contributed by atoms with E-state index in [0.29, 0.717) is 18.8 Å². The first-order valence-electron chi connectivity index (χ1n) is 11.1. The first-order valence-corrected chi connectivity index (χ1v) is 11.1. The van der Waals surface area contributed by atoms with Crippen molar-refractivity contribution in [3.05, 3.63) is 52.6 Å². The molecule has 0 aromatic heterocycles. The number of phenolic OH excluding ortho intramolecular Hbond substituents is 1. The van der Waals surface area contributed by atoms with Crippen molar-refractivity contribution in [1.29, 1.82) is 5.41 Å². The second-order valence-electron chi connectivity index (χ2n) is 11.0. The number of hydrogen-bond acceptors (Lipinski definition) is 5. The van der Waals surface area contributed by atoms with E-state index in [9.17, 15) is 5.11 Å². The van der Waals surface area contributed by atoms with Crippen LogP contribution in [0.4, 0.5) is 0 Å². The lowest BCUT2D eigenvalue weighted by Gasteiger charge is -2.29. The van der Waals surface area contributed by atoms with E-state index in [4.69, 9.17) is 20.6 Å². The number of benzene rings is 2. The lowest BCUT2D eigenvalue weighted by molar-refractivity contribution is 0.0558. The number of hydrogen-bond donors (Lipinski definition) is 4. The molecule has 178 valence electrons. The molecule has 0 saturated carbocycles. The molecule has 1 aliphatic rings. The molecule has 3 rings (SSSR count). The minimum atomic E-state index is -0.545. The van der Waals surface area contributed by atoms with E-state index in [-0.39, 0.29) is 16.8 Å². The van der Waals surface area contributed by atoms with Crippen LogP contribution in [0.15, 0.2) is 35.4 Å². The van der Waals surface area contributed by atoms with Crippen molar-refractivity contribution in [2.24, 2.45) is 10.8 Å². The van der Waals surface area contributed by atoms with Crippen molar-refractivity contribution in [1.82, 2.24) is 5.43 Å². The summed E-state index contributed by atoms with van der Waals surface area (Å²) in [5.41, 5.74) is 10.4. The van der Waals surface area contributed by atoms with E-state index in [1.165, 1.54) is 0 Å². The molecule has 0 bridgehead atoms. The monoisotopic (exact) mass is 452 g/mol. The predicted molar refractivity (Wildman–Crippen MR) is 133 cm³/mol. The minimum absolute atomic E-state index is 0.205. The molecule has 1 aliphatic heterocycles. The van der Waals surface area contributed by atoms with Crippen LogP contribution in [0, 0.1) is 5.41 Å². The number of nitrogens with one attached hydrogen (secondary N) is 2. The summed E-state index contributed by atoms with van der Waals surface area (Å²) in [5.74, 6) is 1.72. The van der Waals surface area contributed by atoms with E-state index < -0.39 is 5.60 Å².